The number of rotatable bonds is 8. The first kappa shape index (κ1) is 21.1. The summed E-state index contributed by atoms with van der Waals surface area (Å²) in [4.78, 5) is 32.3. The van der Waals surface area contributed by atoms with Gasteiger partial charge in [0.15, 0.2) is 5.76 Å². The second-order valence-corrected chi connectivity index (χ2v) is 7.03. The molecule has 0 fully saturated rings. The minimum atomic E-state index is -0.341. The van der Waals surface area contributed by atoms with Crippen LogP contribution in [0.4, 0.5) is 5.82 Å². The fourth-order valence-corrected chi connectivity index (χ4v) is 3.21. The number of amides is 1. The van der Waals surface area contributed by atoms with Gasteiger partial charge in [0.2, 0.25) is 5.95 Å². The summed E-state index contributed by atoms with van der Waals surface area (Å²) >= 11 is 0. The van der Waals surface area contributed by atoms with E-state index in [-0.39, 0.29) is 17.4 Å². The van der Waals surface area contributed by atoms with Crippen molar-refractivity contribution in [3.8, 4) is 23.2 Å². The molecule has 0 saturated carbocycles. The maximum atomic E-state index is 12.9. The van der Waals surface area contributed by atoms with Gasteiger partial charge in [0.25, 0.3) is 11.5 Å². The molecule has 1 aromatic carbocycles. The maximum absolute atomic E-state index is 12.9. The Labute approximate surface area is 184 Å². The molecule has 0 aliphatic rings. The van der Waals surface area contributed by atoms with E-state index in [9.17, 15) is 9.59 Å². The molecule has 3 heterocycles. The fraction of sp³-hybridized carbons (Fsp3) is 0.217. The topological polar surface area (TPSA) is 115 Å². The number of aromatic amines is 1. The van der Waals surface area contributed by atoms with E-state index in [1.165, 1.54) is 17.0 Å². The lowest BCUT2D eigenvalue weighted by Crippen LogP contribution is -2.19. The minimum Gasteiger partial charge on any atom is -0.494 e. The second-order valence-electron chi connectivity index (χ2n) is 7.03. The third-order valence-corrected chi connectivity index (χ3v) is 4.64. The highest BCUT2D eigenvalue weighted by Gasteiger charge is 2.18. The zero-order chi connectivity index (χ0) is 22.5. The molecular weight excluding hydrogens is 410 g/mol. The van der Waals surface area contributed by atoms with Crippen LogP contribution in [0, 0.1) is 0 Å². The summed E-state index contributed by atoms with van der Waals surface area (Å²) < 4.78 is 12.3. The zero-order valence-corrected chi connectivity index (χ0v) is 17.8. The number of H-pyrrole nitrogens is 1. The number of aryl methyl sites for hydroxylation is 1. The smallest absolute Gasteiger partial charge is 0.256 e. The van der Waals surface area contributed by atoms with Crippen LogP contribution in [0.3, 0.4) is 0 Å². The summed E-state index contributed by atoms with van der Waals surface area (Å²) in [5.41, 5.74) is 1.28. The normalized spacial score (nSPS) is 10.8. The Morgan fingerprint density at radius 2 is 2.00 bits per heavy atom. The summed E-state index contributed by atoms with van der Waals surface area (Å²) in [5, 5.41) is 7.35. The molecule has 32 heavy (non-hydrogen) atoms. The molecular formula is C23H23N5O4. The Balaban J connectivity index is 1.71. The third-order valence-electron chi connectivity index (χ3n) is 4.64. The van der Waals surface area contributed by atoms with Crippen LogP contribution in [-0.4, -0.2) is 32.3 Å². The van der Waals surface area contributed by atoms with E-state index in [2.05, 4.69) is 20.4 Å². The van der Waals surface area contributed by atoms with Crippen molar-refractivity contribution in [3.05, 3.63) is 76.4 Å². The standard InChI is InChI=1S/C23H23N5O4/c1-3-6-16-13-21(29)26-23(24-16)28-20(14-18(27-28)19-7-5-12-32-19)25-22(30)15-8-10-17(11-9-15)31-4-2/h5,7-14H,3-4,6H2,1-2H3,(H,25,30)(H,24,26,29). The van der Waals surface area contributed by atoms with Gasteiger partial charge in [-0.2, -0.15) is 9.78 Å². The molecule has 0 spiro atoms. The molecule has 4 aromatic rings. The lowest BCUT2D eigenvalue weighted by Gasteiger charge is -2.09. The van der Waals surface area contributed by atoms with Crippen LogP contribution < -0.4 is 15.6 Å². The van der Waals surface area contributed by atoms with Crippen molar-refractivity contribution < 1.29 is 13.9 Å². The molecule has 3 aromatic heterocycles. The Kier molecular flexibility index (Phi) is 6.16. The van der Waals surface area contributed by atoms with Crippen molar-refractivity contribution in [2.75, 3.05) is 11.9 Å². The van der Waals surface area contributed by atoms with Crippen LogP contribution in [0.15, 0.2) is 64.0 Å². The number of benzene rings is 1. The summed E-state index contributed by atoms with van der Waals surface area (Å²) in [6.07, 6.45) is 3.03. The minimum absolute atomic E-state index is 0.209. The molecule has 1 amide bonds. The average Bonchev–Trinajstić information content (AvgIpc) is 3.44. The Morgan fingerprint density at radius 3 is 2.69 bits per heavy atom. The Hall–Kier alpha value is -4.14. The molecule has 0 unspecified atom stereocenters. The number of ether oxygens (including phenoxy) is 1. The molecule has 0 aliphatic heterocycles. The van der Waals surface area contributed by atoms with Gasteiger partial charge in [-0.1, -0.05) is 13.3 Å². The van der Waals surface area contributed by atoms with Gasteiger partial charge in [-0.05, 0) is 49.7 Å². The molecule has 0 saturated heterocycles. The quantitative estimate of drug-likeness (QED) is 0.437. The molecule has 0 aliphatic carbocycles. The highest BCUT2D eigenvalue weighted by molar-refractivity contribution is 6.04. The van der Waals surface area contributed by atoms with Crippen molar-refractivity contribution in [1.29, 1.82) is 0 Å². The van der Waals surface area contributed by atoms with Crippen molar-refractivity contribution in [3.63, 3.8) is 0 Å². The highest BCUT2D eigenvalue weighted by atomic mass is 16.5. The highest BCUT2D eigenvalue weighted by Crippen LogP contribution is 2.24. The first-order chi connectivity index (χ1) is 15.6. The molecule has 9 heteroatoms. The van der Waals surface area contributed by atoms with Gasteiger partial charge in [0, 0.05) is 23.4 Å². The molecule has 0 atom stereocenters. The number of anilines is 1. The van der Waals surface area contributed by atoms with Gasteiger partial charge in [-0.3, -0.25) is 14.6 Å². The summed E-state index contributed by atoms with van der Waals surface area (Å²) in [7, 11) is 0. The lowest BCUT2D eigenvalue weighted by atomic mass is 10.2. The molecule has 4 rings (SSSR count). The number of furan rings is 1. The van der Waals surface area contributed by atoms with E-state index in [1.807, 2.05) is 13.8 Å². The van der Waals surface area contributed by atoms with Crippen LogP contribution in [0.2, 0.25) is 0 Å². The molecule has 0 bridgehead atoms. The number of carbonyl (C=O) groups is 1. The van der Waals surface area contributed by atoms with E-state index in [0.29, 0.717) is 47.3 Å². The number of hydrogen-bond donors (Lipinski definition) is 2. The van der Waals surface area contributed by atoms with Gasteiger partial charge in [-0.15, -0.1) is 0 Å². The van der Waals surface area contributed by atoms with Crippen LogP contribution in [0.1, 0.15) is 36.3 Å². The van der Waals surface area contributed by atoms with Crippen molar-refractivity contribution >= 4 is 11.7 Å². The van der Waals surface area contributed by atoms with Crippen molar-refractivity contribution in [2.24, 2.45) is 0 Å². The number of hydrogen-bond acceptors (Lipinski definition) is 6. The Morgan fingerprint density at radius 1 is 1.19 bits per heavy atom. The van der Waals surface area contributed by atoms with Gasteiger partial charge in [-0.25, -0.2) is 4.98 Å². The average molecular weight is 433 g/mol. The molecule has 0 radical (unpaired) electrons. The second kappa shape index (κ2) is 9.34. The summed E-state index contributed by atoms with van der Waals surface area (Å²) in [6.45, 7) is 4.45. The first-order valence-electron chi connectivity index (χ1n) is 10.4. The first-order valence-corrected chi connectivity index (χ1v) is 10.4. The number of aromatic nitrogens is 4. The Bertz CT molecular complexity index is 1260. The van der Waals surface area contributed by atoms with E-state index >= 15 is 0 Å². The van der Waals surface area contributed by atoms with Crippen LogP contribution >= 0.6 is 0 Å². The SMILES string of the molecule is CCCc1cc(=O)[nH]c(-n2nc(-c3ccco3)cc2NC(=O)c2ccc(OCC)cc2)n1. The van der Waals surface area contributed by atoms with Gasteiger partial charge >= 0.3 is 0 Å². The van der Waals surface area contributed by atoms with Crippen molar-refractivity contribution in [1.82, 2.24) is 19.7 Å². The van der Waals surface area contributed by atoms with E-state index in [1.54, 1.807) is 42.5 Å². The van der Waals surface area contributed by atoms with E-state index in [4.69, 9.17) is 9.15 Å². The third kappa shape index (κ3) is 4.61. The lowest BCUT2D eigenvalue weighted by molar-refractivity contribution is 0.102. The van der Waals surface area contributed by atoms with Crippen LogP contribution in [0.25, 0.3) is 17.4 Å². The summed E-state index contributed by atoms with van der Waals surface area (Å²) in [5.74, 6) is 1.41. The van der Waals surface area contributed by atoms with Crippen LogP contribution in [0.5, 0.6) is 5.75 Å². The zero-order valence-electron chi connectivity index (χ0n) is 17.8. The molecule has 9 nitrogen and oxygen atoms in total. The number of nitrogens with zero attached hydrogens (tertiary/aromatic N) is 3. The summed E-state index contributed by atoms with van der Waals surface area (Å²) in [6, 6.07) is 13.4. The van der Waals surface area contributed by atoms with Crippen molar-refractivity contribution in [2.45, 2.75) is 26.7 Å². The monoisotopic (exact) mass is 433 g/mol. The van der Waals surface area contributed by atoms with Gasteiger partial charge < -0.3 is 14.5 Å². The van der Waals surface area contributed by atoms with Crippen LogP contribution in [-0.2, 0) is 6.42 Å². The van der Waals surface area contributed by atoms with E-state index < -0.39 is 0 Å². The van der Waals surface area contributed by atoms with Gasteiger partial charge in [0.05, 0.1) is 12.9 Å². The molecule has 2 N–H and O–H groups in total. The van der Waals surface area contributed by atoms with E-state index in [0.717, 1.165) is 6.42 Å². The number of nitrogens with one attached hydrogen (secondary N) is 2. The predicted octanol–water partition coefficient (Wildman–Crippen LogP) is 3.82. The fourth-order valence-electron chi connectivity index (χ4n) is 3.21. The largest absolute Gasteiger partial charge is 0.494 e. The van der Waals surface area contributed by atoms with Gasteiger partial charge in [0.1, 0.15) is 17.3 Å². The maximum Gasteiger partial charge on any atom is 0.256 e. The number of carbonyl (C=O) groups excluding carboxylic acids is 1. The molecule has 164 valence electrons. The predicted molar refractivity (Wildman–Crippen MR) is 119 cm³/mol.